The highest BCUT2D eigenvalue weighted by molar-refractivity contribution is 7.11. The van der Waals surface area contributed by atoms with Crippen LogP contribution in [0.4, 0.5) is 23.8 Å². The molecule has 2 heterocycles. The van der Waals surface area contributed by atoms with Gasteiger partial charge in [0.15, 0.2) is 5.82 Å². The van der Waals surface area contributed by atoms with E-state index < -0.39 is 24.4 Å². The molecule has 0 saturated heterocycles. The van der Waals surface area contributed by atoms with Gasteiger partial charge in [0.2, 0.25) is 5.91 Å². The smallest absolute Gasteiger partial charge is 0.408 e. The molecule has 170 valence electrons. The maximum atomic E-state index is 12.8. The van der Waals surface area contributed by atoms with Gasteiger partial charge in [0, 0.05) is 28.8 Å². The van der Waals surface area contributed by atoms with Crippen LogP contribution in [0.2, 0.25) is 0 Å². The average Bonchev–Trinajstić information content (AvgIpc) is 3.40. The Hall–Kier alpha value is -2.63. The maximum absolute atomic E-state index is 12.8. The molecule has 1 fully saturated rings. The number of aromatic amines is 1. The third-order valence-electron chi connectivity index (χ3n) is 5.06. The molecule has 3 rings (SSSR count). The van der Waals surface area contributed by atoms with Crippen molar-refractivity contribution in [2.75, 3.05) is 5.32 Å². The zero-order valence-corrected chi connectivity index (χ0v) is 17.9. The Morgan fingerprint density at radius 1 is 1.39 bits per heavy atom. The molecule has 1 aliphatic rings. The summed E-state index contributed by atoms with van der Waals surface area (Å²) >= 11 is 1.45. The highest BCUT2D eigenvalue weighted by Crippen LogP contribution is 2.36. The largest absolute Gasteiger partial charge is 0.446 e. The minimum absolute atomic E-state index is 0.00434. The minimum Gasteiger partial charge on any atom is -0.446 e. The van der Waals surface area contributed by atoms with Gasteiger partial charge in [-0.05, 0) is 32.6 Å². The summed E-state index contributed by atoms with van der Waals surface area (Å²) < 4.78 is 43.5. The zero-order chi connectivity index (χ0) is 22.6. The normalized spacial score (nSPS) is 19.8. The van der Waals surface area contributed by atoms with E-state index >= 15 is 0 Å². The highest BCUT2D eigenvalue weighted by atomic mass is 32.1. The van der Waals surface area contributed by atoms with Gasteiger partial charge in [-0.25, -0.2) is 9.78 Å². The van der Waals surface area contributed by atoms with E-state index in [0.717, 1.165) is 15.6 Å². The van der Waals surface area contributed by atoms with E-state index in [1.165, 1.54) is 18.3 Å². The summed E-state index contributed by atoms with van der Waals surface area (Å²) in [6, 6.07) is -0.204. The number of hydrogen-bond acceptors (Lipinski definition) is 6. The van der Waals surface area contributed by atoms with Crippen molar-refractivity contribution in [3.8, 4) is 0 Å². The first-order chi connectivity index (χ1) is 14.6. The number of H-pyrrole nitrogens is 1. The van der Waals surface area contributed by atoms with Crippen molar-refractivity contribution in [2.24, 2.45) is 0 Å². The number of carbonyl (C=O) groups is 2. The van der Waals surface area contributed by atoms with Crippen LogP contribution in [0, 0.1) is 6.92 Å². The van der Waals surface area contributed by atoms with E-state index in [1.807, 2.05) is 12.2 Å². The van der Waals surface area contributed by atoms with E-state index in [-0.39, 0.29) is 24.7 Å². The molecule has 0 aliphatic heterocycles. The molecule has 2 aromatic heterocycles. The molecule has 31 heavy (non-hydrogen) atoms. The molecule has 2 aromatic rings. The van der Waals surface area contributed by atoms with Gasteiger partial charge in [0.1, 0.15) is 12.1 Å². The molecule has 1 saturated carbocycles. The van der Waals surface area contributed by atoms with Gasteiger partial charge in [-0.3, -0.25) is 9.89 Å². The number of alkyl halides is 3. The number of nitrogens with zero attached hydrogens (tertiary/aromatic N) is 2. The summed E-state index contributed by atoms with van der Waals surface area (Å²) in [4.78, 5) is 28.9. The standard InChI is InChI=1S/C19H24F3N5O3S/c1-3-15(19(20,21)22)24-18(29)30-12-5-4-11(6-12)14-8-16(27-26-14)25-17(28)7-13-9-23-10(2)31-13/h8-9,11-12,15H,3-7H2,1-2H3,(H,24,29)(H2,25,26,27,28)/t11-,12+,15?/m0/s1. The lowest BCUT2D eigenvalue weighted by molar-refractivity contribution is -0.155. The van der Waals surface area contributed by atoms with Gasteiger partial charge in [0.25, 0.3) is 0 Å². The summed E-state index contributed by atoms with van der Waals surface area (Å²) in [6.07, 6.45) is -2.76. The predicted octanol–water partition coefficient (Wildman–Crippen LogP) is 4.06. The fourth-order valence-electron chi connectivity index (χ4n) is 3.51. The molecular weight excluding hydrogens is 435 g/mol. The summed E-state index contributed by atoms with van der Waals surface area (Å²) in [5.41, 5.74) is 0.775. The molecule has 0 spiro atoms. The topological polar surface area (TPSA) is 109 Å². The summed E-state index contributed by atoms with van der Waals surface area (Å²) in [6.45, 7) is 3.21. The highest BCUT2D eigenvalue weighted by Gasteiger charge is 2.40. The number of thiazole rings is 1. The molecule has 3 N–H and O–H groups in total. The van der Waals surface area contributed by atoms with Gasteiger partial charge in [-0.1, -0.05) is 6.92 Å². The molecule has 1 unspecified atom stereocenters. The van der Waals surface area contributed by atoms with Crippen LogP contribution in [0.15, 0.2) is 12.3 Å². The number of nitrogens with one attached hydrogen (secondary N) is 3. The van der Waals surface area contributed by atoms with Gasteiger partial charge >= 0.3 is 12.3 Å². The van der Waals surface area contributed by atoms with Gasteiger partial charge in [-0.15, -0.1) is 11.3 Å². The van der Waals surface area contributed by atoms with Crippen LogP contribution in [0.1, 0.15) is 54.1 Å². The number of aromatic nitrogens is 3. The molecule has 1 aliphatic carbocycles. The molecule has 8 nitrogen and oxygen atoms in total. The van der Waals surface area contributed by atoms with Gasteiger partial charge in [-0.2, -0.15) is 18.3 Å². The molecule has 0 aromatic carbocycles. The number of amides is 2. The van der Waals surface area contributed by atoms with Crippen LogP contribution in [-0.2, 0) is 16.0 Å². The summed E-state index contributed by atoms with van der Waals surface area (Å²) in [5, 5.41) is 12.5. The number of hydrogen-bond donors (Lipinski definition) is 3. The van der Waals surface area contributed by atoms with Crippen molar-refractivity contribution in [1.82, 2.24) is 20.5 Å². The van der Waals surface area contributed by atoms with E-state index in [0.29, 0.717) is 25.1 Å². The first-order valence-corrected chi connectivity index (χ1v) is 10.8. The second-order valence-corrected chi connectivity index (χ2v) is 8.78. The van der Waals surface area contributed by atoms with Crippen molar-refractivity contribution in [3.05, 3.63) is 27.8 Å². The lowest BCUT2D eigenvalue weighted by atomic mass is 10.0. The SMILES string of the molecule is CCC(NC(=O)O[C@@H]1CC[C@H](c2cc(NC(=O)Cc3cnc(C)s3)n[nH]2)C1)C(F)(F)F. The zero-order valence-electron chi connectivity index (χ0n) is 17.1. The van der Waals surface area contributed by atoms with E-state index in [1.54, 1.807) is 12.3 Å². The van der Waals surface area contributed by atoms with E-state index in [4.69, 9.17) is 4.74 Å². The maximum Gasteiger partial charge on any atom is 0.408 e. The van der Waals surface area contributed by atoms with Crippen LogP contribution in [0.25, 0.3) is 0 Å². The number of alkyl carbamates (subject to hydrolysis) is 1. The lowest BCUT2D eigenvalue weighted by Crippen LogP contribution is -2.45. The van der Waals surface area contributed by atoms with Gasteiger partial charge in [0.05, 0.1) is 11.4 Å². The second kappa shape index (κ2) is 9.67. The molecule has 0 bridgehead atoms. The Morgan fingerprint density at radius 3 is 2.81 bits per heavy atom. The first-order valence-electron chi connectivity index (χ1n) is 9.94. The third kappa shape index (κ3) is 6.42. The number of carbonyl (C=O) groups excluding carboxylic acids is 2. The van der Waals surface area contributed by atoms with Crippen molar-refractivity contribution >= 4 is 29.2 Å². The summed E-state index contributed by atoms with van der Waals surface area (Å²) in [5.74, 6) is 0.185. The summed E-state index contributed by atoms with van der Waals surface area (Å²) in [7, 11) is 0. The van der Waals surface area contributed by atoms with Crippen molar-refractivity contribution in [2.45, 2.75) is 70.2 Å². The fraction of sp³-hybridized carbons (Fsp3) is 0.579. The Kier molecular flexibility index (Phi) is 7.19. The monoisotopic (exact) mass is 459 g/mol. The van der Waals surface area contributed by atoms with Crippen molar-refractivity contribution < 1.29 is 27.5 Å². The van der Waals surface area contributed by atoms with E-state index in [9.17, 15) is 22.8 Å². The molecule has 3 atom stereocenters. The number of halogens is 3. The molecular formula is C19H24F3N5O3S. The lowest BCUT2D eigenvalue weighted by Gasteiger charge is -2.21. The van der Waals surface area contributed by atoms with E-state index in [2.05, 4.69) is 20.5 Å². The fourth-order valence-corrected chi connectivity index (χ4v) is 4.31. The van der Waals surface area contributed by atoms with Crippen LogP contribution in [0.3, 0.4) is 0 Å². The van der Waals surface area contributed by atoms with Crippen molar-refractivity contribution in [3.63, 3.8) is 0 Å². The van der Waals surface area contributed by atoms with Crippen LogP contribution >= 0.6 is 11.3 Å². The van der Waals surface area contributed by atoms with Crippen molar-refractivity contribution in [1.29, 1.82) is 0 Å². The van der Waals surface area contributed by atoms with Crippen LogP contribution < -0.4 is 10.6 Å². The first kappa shape index (κ1) is 23.0. The number of ether oxygens (including phenoxy) is 1. The Balaban J connectivity index is 1.47. The Labute approximate surface area is 181 Å². The molecule has 0 radical (unpaired) electrons. The Morgan fingerprint density at radius 2 is 2.16 bits per heavy atom. The quantitative estimate of drug-likeness (QED) is 0.579. The van der Waals surface area contributed by atoms with Crippen LogP contribution in [0.5, 0.6) is 0 Å². The number of aryl methyl sites for hydroxylation is 1. The average molecular weight is 459 g/mol. The predicted molar refractivity (Wildman–Crippen MR) is 108 cm³/mol. The minimum atomic E-state index is -4.51. The number of rotatable bonds is 7. The second-order valence-electron chi connectivity index (χ2n) is 7.46. The Bertz CT molecular complexity index is 914. The molecule has 12 heteroatoms. The van der Waals surface area contributed by atoms with Gasteiger partial charge < -0.3 is 15.4 Å². The molecule has 2 amide bonds. The van der Waals surface area contributed by atoms with Crippen LogP contribution in [-0.4, -0.2) is 45.5 Å². The number of anilines is 1. The third-order valence-corrected chi connectivity index (χ3v) is 5.98.